The van der Waals surface area contributed by atoms with E-state index in [1.807, 2.05) is 30.3 Å². The Morgan fingerprint density at radius 2 is 1.86 bits per heavy atom. The predicted octanol–water partition coefficient (Wildman–Crippen LogP) is 4.08. The van der Waals surface area contributed by atoms with Crippen molar-refractivity contribution in [3.63, 3.8) is 0 Å². The summed E-state index contributed by atoms with van der Waals surface area (Å²) in [5.74, 6) is 1.30. The zero-order valence-electron chi connectivity index (χ0n) is 11.2. The molecule has 3 nitrogen and oxygen atoms in total. The maximum atomic E-state index is 10.7. The first-order chi connectivity index (χ1) is 10.2. The van der Waals surface area contributed by atoms with E-state index in [1.54, 1.807) is 12.1 Å². The zero-order chi connectivity index (χ0) is 14.8. The third kappa shape index (κ3) is 2.61. The van der Waals surface area contributed by atoms with Crippen LogP contribution < -0.4 is 9.47 Å². The van der Waals surface area contributed by atoms with Crippen molar-refractivity contribution < 1.29 is 14.6 Å². The molecule has 1 aliphatic heterocycles. The summed E-state index contributed by atoms with van der Waals surface area (Å²) in [6.45, 7) is 3.89. The summed E-state index contributed by atoms with van der Waals surface area (Å²) >= 11 is 3.46. The molecule has 0 amide bonds. The first-order valence-corrected chi connectivity index (χ1v) is 7.22. The maximum absolute atomic E-state index is 10.7. The van der Waals surface area contributed by atoms with Gasteiger partial charge in [-0.3, -0.25) is 0 Å². The Morgan fingerprint density at radius 3 is 2.52 bits per heavy atom. The second kappa shape index (κ2) is 5.78. The number of halogens is 1. The lowest BCUT2D eigenvalue weighted by Crippen LogP contribution is -2.01. The third-order valence-corrected chi connectivity index (χ3v) is 4.02. The molecule has 0 aromatic heterocycles. The van der Waals surface area contributed by atoms with Gasteiger partial charge < -0.3 is 14.6 Å². The molecular formula is C17H13BrO3. The molecule has 2 aromatic carbocycles. The Kier molecular flexibility index (Phi) is 3.84. The average molecular weight is 345 g/mol. The monoisotopic (exact) mass is 344 g/mol. The largest absolute Gasteiger partial charge is 0.454 e. The van der Waals surface area contributed by atoms with Crippen LogP contribution in [-0.2, 0) is 0 Å². The number of aliphatic hydroxyl groups is 1. The number of hydrogen-bond donors (Lipinski definition) is 1. The Balaban J connectivity index is 2.02. The van der Waals surface area contributed by atoms with Gasteiger partial charge in [-0.15, -0.1) is 5.73 Å². The number of aliphatic hydroxyl groups excluding tert-OH is 1. The van der Waals surface area contributed by atoms with Gasteiger partial charge in [0.1, 0.15) is 6.10 Å². The fourth-order valence-corrected chi connectivity index (χ4v) is 2.81. The molecule has 1 N–H and O–H groups in total. The van der Waals surface area contributed by atoms with Crippen molar-refractivity contribution in [1.82, 2.24) is 0 Å². The smallest absolute Gasteiger partial charge is 0.231 e. The number of benzene rings is 2. The quantitative estimate of drug-likeness (QED) is 0.852. The highest BCUT2D eigenvalue weighted by molar-refractivity contribution is 9.10. The Labute approximate surface area is 131 Å². The van der Waals surface area contributed by atoms with E-state index in [0.29, 0.717) is 22.6 Å². The van der Waals surface area contributed by atoms with Gasteiger partial charge in [-0.25, -0.2) is 0 Å². The Hall–Kier alpha value is -2.00. The number of rotatable bonds is 3. The second-order valence-corrected chi connectivity index (χ2v) is 5.44. The molecule has 21 heavy (non-hydrogen) atoms. The van der Waals surface area contributed by atoms with Crippen molar-refractivity contribution in [2.75, 3.05) is 6.79 Å². The summed E-state index contributed by atoms with van der Waals surface area (Å²) in [6.07, 6.45) is -0.853. The molecule has 0 saturated heterocycles. The lowest BCUT2D eigenvalue weighted by Gasteiger charge is -2.16. The molecule has 3 rings (SSSR count). The SMILES string of the molecule is C=C=C(c1ccccc1)C(O)c1cc2c(cc1Br)OCO2. The van der Waals surface area contributed by atoms with Crippen LogP contribution in [0.1, 0.15) is 17.2 Å². The van der Waals surface area contributed by atoms with Gasteiger partial charge in [0.2, 0.25) is 6.79 Å². The van der Waals surface area contributed by atoms with Gasteiger partial charge in [0.15, 0.2) is 11.5 Å². The van der Waals surface area contributed by atoms with Crippen LogP contribution in [0.2, 0.25) is 0 Å². The lowest BCUT2D eigenvalue weighted by atomic mass is 9.96. The Morgan fingerprint density at radius 1 is 1.19 bits per heavy atom. The Bertz CT molecular complexity index is 718. The molecule has 1 heterocycles. The van der Waals surface area contributed by atoms with E-state index in [9.17, 15) is 5.11 Å². The van der Waals surface area contributed by atoms with Gasteiger partial charge in [0, 0.05) is 15.6 Å². The summed E-state index contributed by atoms with van der Waals surface area (Å²) in [6, 6.07) is 13.1. The number of ether oxygens (including phenoxy) is 2. The number of hydrogen-bond acceptors (Lipinski definition) is 3. The van der Waals surface area contributed by atoms with E-state index in [-0.39, 0.29) is 6.79 Å². The molecule has 1 aliphatic rings. The molecule has 0 fully saturated rings. The van der Waals surface area contributed by atoms with Gasteiger partial charge in [-0.1, -0.05) is 52.8 Å². The molecule has 0 spiro atoms. The maximum Gasteiger partial charge on any atom is 0.231 e. The predicted molar refractivity (Wildman–Crippen MR) is 84.2 cm³/mol. The molecular weight excluding hydrogens is 332 g/mol. The van der Waals surface area contributed by atoms with E-state index in [4.69, 9.17) is 9.47 Å². The van der Waals surface area contributed by atoms with Crippen LogP contribution in [0.5, 0.6) is 11.5 Å². The normalized spacial score (nSPS) is 13.6. The molecule has 1 atom stereocenters. The van der Waals surface area contributed by atoms with E-state index >= 15 is 0 Å². The molecule has 2 aromatic rings. The van der Waals surface area contributed by atoms with Crippen LogP contribution in [0, 0.1) is 0 Å². The zero-order valence-corrected chi connectivity index (χ0v) is 12.8. The van der Waals surface area contributed by atoms with Crippen molar-refractivity contribution in [1.29, 1.82) is 0 Å². The highest BCUT2D eigenvalue weighted by Gasteiger charge is 2.23. The standard InChI is InChI=1S/C17H13BrO3/c1-2-12(11-6-4-3-5-7-11)17(19)13-8-15-16(9-14(13)18)21-10-20-15/h3-9,17,19H,1,10H2. The van der Waals surface area contributed by atoms with Crippen LogP contribution in [0.3, 0.4) is 0 Å². The summed E-state index contributed by atoms with van der Waals surface area (Å²) in [5.41, 5.74) is 5.02. The topological polar surface area (TPSA) is 38.7 Å². The second-order valence-electron chi connectivity index (χ2n) is 4.59. The first-order valence-electron chi connectivity index (χ1n) is 6.43. The van der Waals surface area contributed by atoms with Gasteiger partial charge in [0.05, 0.1) is 0 Å². The average Bonchev–Trinajstić information content (AvgIpc) is 2.95. The lowest BCUT2D eigenvalue weighted by molar-refractivity contribution is 0.173. The summed E-state index contributed by atoms with van der Waals surface area (Å²) in [4.78, 5) is 0. The molecule has 0 saturated carbocycles. The van der Waals surface area contributed by atoms with Crippen molar-refractivity contribution >= 4 is 21.5 Å². The van der Waals surface area contributed by atoms with Crippen LogP contribution in [-0.4, -0.2) is 11.9 Å². The third-order valence-electron chi connectivity index (χ3n) is 3.34. The van der Waals surface area contributed by atoms with Crippen molar-refractivity contribution in [3.05, 3.63) is 70.4 Å². The first kappa shape index (κ1) is 14.0. The van der Waals surface area contributed by atoms with Gasteiger partial charge in [0.25, 0.3) is 0 Å². The van der Waals surface area contributed by atoms with E-state index in [1.165, 1.54) is 0 Å². The van der Waals surface area contributed by atoms with E-state index in [0.717, 1.165) is 10.0 Å². The van der Waals surface area contributed by atoms with Crippen LogP contribution in [0.15, 0.2) is 59.2 Å². The highest BCUT2D eigenvalue weighted by Crippen LogP contribution is 2.41. The minimum atomic E-state index is -0.853. The van der Waals surface area contributed by atoms with Gasteiger partial charge in [-0.2, -0.15) is 0 Å². The van der Waals surface area contributed by atoms with Crippen LogP contribution >= 0.6 is 15.9 Å². The minimum Gasteiger partial charge on any atom is -0.454 e. The molecule has 0 radical (unpaired) electrons. The highest BCUT2D eigenvalue weighted by atomic mass is 79.9. The molecule has 4 heteroatoms. The van der Waals surface area contributed by atoms with Crippen molar-refractivity contribution in [3.8, 4) is 11.5 Å². The summed E-state index contributed by atoms with van der Waals surface area (Å²) in [5, 5.41) is 10.7. The fourth-order valence-electron chi connectivity index (χ4n) is 2.27. The molecule has 1 unspecified atom stereocenters. The fraction of sp³-hybridized carbons (Fsp3) is 0.118. The van der Waals surface area contributed by atoms with Crippen molar-refractivity contribution in [2.45, 2.75) is 6.10 Å². The van der Waals surface area contributed by atoms with Crippen LogP contribution in [0.25, 0.3) is 5.57 Å². The van der Waals surface area contributed by atoms with E-state index in [2.05, 4.69) is 28.2 Å². The summed E-state index contributed by atoms with van der Waals surface area (Å²) < 4.78 is 11.4. The molecule has 106 valence electrons. The van der Waals surface area contributed by atoms with Crippen molar-refractivity contribution in [2.24, 2.45) is 0 Å². The number of fused-ring (bicyclic) bond motifs is 1. The van der Waals surface area contributed by atoms with E-state index < -0.39 is 6.10 Å². The van der Waals surface area contributed by atoms with Crippen LogP contribution in [0.4, 0.5) is 0 Å². The van der Waals surface area contributed by atoms with Gasteiger partial charge in [-0.05, 0) is 17.7 Å². The molecule has 0 bridgehead atoms. The minimum absolute atomic E-state index is 0.199. The molecule has 0 aliphatic carbocycles. The summed E-state index contributed by atoms with van der Waals surface area (Å²) in [7, 11) is 0. The van der Waals surface area contributed by atoms with Gasteiger partial charge >= 0.3 is 0 Å².